The number of halogens is 1. The molecule has 0 saturated carbocycles. The summed E-state index contributed by atoms with van der Waals surface area (Å²) in [5.41, 5.74) is 0.403. The van der Waals surface area contributed by atoms with Crippen LogP contribution in [0.3, 0.4) is 0 Å². The van der Waals surface area contributed by atoms with Crippen molar-refractivity contribution in [2.24, 2.45) is 0 Å². The van der Waals surface area contributed by atoms with Crippen molar-refractivity contribution in [2.75, 3.05) is 7.11 Å². The van der Waals surface area contributed by atoms with Gasteiger partial charge in [-0.25, -0.2) is 0 Å². The highest BCUT2D eigenvalue weighted by atomic mass is 35.5. The minimum Gasteiger partial charge on any atom is -0.493 e. The first kappa shape index (κ1) is 15.1. The van der Waals surface area contributed by atoms with E-state index in [2.05, 4.69) is 0 Å². The van der Waals surface area contributed by atoms with Crippen LogP contribution in [-0.4, -0.2) is 17.1 Å². The quantitative estimate of drug-likeness (QED) is 0.674. The predicted molar refractivity (Wildman–Crippen MR) is 77.1 cm³/mol. The number of ether oxygens (including phenoxy) is 2. The van der Waals surface area contributed by atoms with Crippen LogP contribution in [0.1, 0.15) is 5.56 Å². The molecular formula is C14H12ClNO5. The highest BCUT2D eigenvalue weighted by molar-refractivity contribution is 6.30. The maximum Gasteiger partial charge on any atom is 0.313 e. The predicted octanol–water partition coefficient (Wildman–Crippen LogP) is 3.54. The molecule has 0 radical (unpaired) electrons. The maximum absolute atomic E-state index is 11.0. The van der Waals surface area contributed by atoms with Gasteiger partial charge in [0.25, 0.3) is 0 Å². The molecule has 0 aliphatic carbocycles. The van der Waals surface area contributed by atoms with Crippen LogP contribution < -0.4 is 9.47 Å². The molecule has 7 heteroatoms. The molecule has 6 nitrogen and oxygen atoms in total. The first-order valence-electron chi connectivity index (χ1n) is 5.94. The Bertz CT molecular complexity index is 674. The molecule has 0 aliphatic heterocycles. The molecule has 0 amide bonds. The molecule has 1 N–H and O–H groups in total. The number of methoxy groups -OCH3 is 1. The van der Waals surface area contributed by atoms with Crippen LogP contribution in [0.5, 0.6) is 17.2 Å². The molecule has 0 unspecified atom stereocenters. The fourth-order valence-electron chi connectivity index (χ4n) is 1.73. The Morgan fingerprint density at radius 2 is 1.90 bits per heavy atom. The largest absolute Gasteiger partial charge is 0.493 e. The molecule has 0 spiro atoms. The Kier molecular flexibility index (Phi) is 4.62. The Morgan fingerprint density at radius 3 is 2.52 bits per heavy atom. The SMILES string of the molecule is COc1cc(CO)ccc1Oc1ccc(Cl)cc1[N+](=O)[O-]. The number of aliphatic hydroxyl groups is 1. The molecule has 0 fully saturated rings. The van der Waals surface area contributed by atoms with E-state index in [-0.39, 0.29) is 23.1 Å². The number of hydrogen-bond acceptors (Lipinski definition) is 5. The van der Waals surface area contributed by atoms with Crippen LogP contribution in [0.25, 0.3) is 0 Å². The van der Waals surface area contributed by atoms with E-state index in [1.54, 1.807) is 18.2 Å². The third kappa shape index (κ3) is 3.42. The summed E-state index contributed by atoms with van der Waals surface area (Å²) in [4.78, 5) is 10.4. The molecule has 2 aromatic carbocycles. The summed E-state index contributed by atoms with van der Waals surface area (Å²) in [5.74, 6) is 0.727. The monoisotopic (exact) mass is 309 g/mol. The molecule has 0 heterocycles. The number of nitro benzene ring substituents is 1. The summed E-state index contributed by atoms with van der Waals surface area (Å²) in [5, 5.41) is 20.4. The van der Waals surface area contributed by atoms with Crippen molar-refractivity contribution in [3.05, 3.63) is 57.1 Å². The number of nitro groups is 1. The number of aliphatic hydroxyl groups excluding tert-OH is 1. The first-order valence-corrected chi connectivity index (χ1v) is 6.32. The van der Waals surface area contributed by atoms with Crippen molar-refractivity contribution in [3.63, 3.8) is 0 Å². The van der Waals surface area contributed by atoms with Crippen LogP contribution in [0, 0.1) is 10.1 Å². The van der Waals surface area contributed by atoms with Crippen LogP contribution in [0.4, 0.5) is 5.69 Å². The second-order valence-electron chi connectivity index (χ2n) is 4.11. The summed E-state index contributed by atoms with van der Waals surface area (Å²) in [6, 6.07) is 8.93. The zero-order valence-electron chi connectivity index (χ0n) is 11.1. The van der Waals surface area contributed by atoms with Gasteiger partial charge in [-0.3, -0.25) is 10.1 Å². The highest BCUT2D eigenvalue weighted by Gasteiger charge is 2.18. The topological polar surface area (TPSA) is 81.8 Å². The number of rotatable bonds is 5. The van der Waals surface area contributed by atoms with Gasteiger partial charge in [0.2, 0.25) is 5.75 Å². The molecule has 110 valence electrons. The lowest BCUT2D eigenvalue weighted by Gasteiger charge is -2.11. The molecule has 0 aromatic heterocycles. The zero-order chi connectivity index (χ0) is 15.4. The minimum absolute atomic E-state index is 0.0550. The maximum atomic E-state index is 11.0. The standard InChI is InChI=1S/C14H12ClNO5/c1-20-14-6-9(8-17)2-4-13(14)21-12-5-3-10(15)7-11(12)16(18)19/h2-7,17H,8H2,1H3. The lowest BCUT2D eigenvalue weighted by atomic mass is 10.2. The lowest BCUT2D eigenvalue weighted by Crippen LogP contribution is -1.96. The van der Waals surface area contributed by atoms with Crippen molar-refractivity contribution >= 4 is 17.3 Å². The van der Waals surface area contributed by atoms with Gasteiger partial charge in [0.1, 0.15) is 0 Å². The van der Waals surface area contributed by atoms with Gasteiger partial charge in [-0.2, -0.15) is 0 Å². The fraction of sp³-hybridized carbons (Fsp3) is 0.143. The van der Waals surface area contributed by atoms with Crippen molar-refractivity contribution < 1.29 is 19.5 Å². The van der Waals surface area contributed by atoms with Gasteiger partial charge in [-0.15, -0.1) is 0 Å². The average Bonchev–Trinajstić information content (AvgIpc) is 2.49. The molecular weight excluding hydrogens is 298 g/mol. The van der Waals surface area contributed by atoms with Gasteiger partial charge in [-0.1, -0.05) is 17.7 Å². The van der Waals surface area contributed by atoms with Gasteiger partial charge in [0.15, 0.2) is 11.5 Å². The molecule has 0 aliphatic rings. The third-order valence-electron chi connectivity index (χ3n) is 2.75. The molecule has 2 aromatic rings. The van der Waals surface area contributed by atoms with Crippen molar-refractivity contribution in [2.45, 2.75) is 6.61 Å². The molecule has 0 saturated heterocycles. The van der Waals surface area contributed by atoms with Gasteiger partial charge < -0.3 is 14.6 Å². The average molecular weight is 310 g/mol. The normalized spacial score (nSPS) is 10.2. The minimum atomic E-state index is -0.574. The van der Waals surface area contributed by atoms with E-state index >= 15 is 0 Å². The van der Waals surface area contributed by atoms with E-state index in [9.17, 15) is 10.1 Å². The van der Waals surface area contributed by atoms with E-state index in [0.29, 0.717) is 17.1 Å². The molecule has 0 atom stereocenters. The van der Waals surface area contributed by atoms with Crippen LogP contribution in [0.15, 0.2) is 36.4 Å². The van der Waals surface area contributed by atoms with Crippen molar-refractivity contribution in [1.82, 2.24) is 0 Å². The fourth-order valence-corrected chi connectivity index (χ4v) is 1.90. The summed E-state index contributed by atoms with van der Waals surface area (Å²) in [6.45, 7) is -0.141. The van der Waals surface area contributed by atoms with Gasteiger partial charge in [0, 0.05) is 11.1 Å². The Morgan fingerprint density at radius 1 is 1.19 bits per heavy atom. The smallest absolute Gasteiger partial charge is 0.313 e. The highest BCUT2D eigenvalue weighted by Crippen LogP contribution is 2.37. The second-order valence-corrected chi connectivity index (χ2v) is 4.55. The number of hydrogen-bond donors (Lipinski definition) is 1. The van der Waals surface area contributed by atoms with Crippen LogP contribution >= 0.6 is 11.6 Å². The van der Waals surface area contributed by atoms with Crippen molar-refractivity contribution in [3.8, 4) is 17.2 Å². The number of nitrogens with zero attached hydrogens (tertiary/aromatic N) is 1. The third-order valence-corrected chi connectivity index (χ3v) is 2.98. The van der Waals surface area contributed by atoms with E-state index < -0.39 is 4.92 Å². The van der Waals surface area contributed by atoms with Crippen LogP contribution in [-0.2, 0) is 6.61 Å². The van der Waals surface area contributed by atoms with E-state index in [0.717, 1.165) is 0 Å². The second kappa shape index (κ2) is 6.43. The first-order chi connectivity index (χ1) is 10.0. The molecule has 2 rings (SSSR count). The summed E-state index contributed by atoms with van der Waals surface area (Å²) in [7, 11) is 1.44. The Labute approximate surface area is 125 Å². The molecule has 21 heavy (non-hydrogen) atoms. The van der Waals surface area contributed by atoms with E-state index in [4.69, 9.17) is 26.2 Å². The van der Waals surface area contributed by atoms with Crippen molar-refractivity contribution in [1.29, 1.82) is 0 Å². The van der Waals surface area contributed by atoms with Gasteiger partial charge in [0.05, 0.1) is 18.6 Å². The zero-order valence-corrected chi connectivity index (χ0v) is 11.8. The van der Waals surface area contributed by atoms with Crippen LogP contribution in [0.2, 0.25) is 5.02 Å². The molecule has 0 bridgehead atoms. The van der Waals surface area contributed by atoms with E-state index in [1.165, 1.54) is 25.3 Å². The van der Waals surface area contributed by atoms with Gasteiger partial charge >= 0.3 is 5.69 Å². The lowest BCUT2D eigenvalue weighted by molar-refractivity contribution is -0.385. The van der Waals surface area contributed by atoms with E-state index in [1.807, 2.05) is 0 Å². The Hall–Kier alpha value is -2.31. The summed E-state index contributed by atoms with van der Waals surface area (Å²) >= 11 is 5.75. The summed E-state index contributed by atoms with van der Waals surface area (Å²) < 4.78 is 10.7. The number of benzene rings is 2. The Balaban J connectivity index is 2.40. The summed E-state index contributed by atoms with van der Waals surface area (Å²) in [6.07, 6.45) is 0. The van der Waals surface area contributed by atoms with Gasteiger partial charge in [-0.05, 0) is 29.8 Å².